The summed E-state index contributed by atoms with van der Waals surface area (Å²) in [4.78, 5) is 8.70. The van der Waals surface area contributed by atoms with Gasteiger partial charge >= 0.3 is 0 Å². The van der Waals surface area contributed by atoms with E-state index in [1.807, 2.05) is 26.0 Å². The molecule has 0 aliphatic rings. The molecule has 0 amide bonds. The fourth-order valence-electron chi connectivity index (χ4n) is 1.66. The van der Waals surface area contributed by atoms with E-state index in [1.165, 1.54) is 0 Å². The fraction of sp³-hybridized carbons (Fsp3) is 0.231. The molecule has 0 spiro atoms. The van der Waals surface area contributed by atoms with Gasteiger partial charge in [0, 0.05) is 27.6 Å². The van der Waals surface area contributed by atoms with Crippen LogP contribution in [-0.4, -0.2) is 9.97 Å². The second kappa shape index (κ2) is 5.43. The van der Waals surface area contributed by atoms with Crippen LogP contribution in [0.1, 0.15) is 18.3 Å². The fourth-order valence-corrected chi connectivity index (χ4v) is 2.38. The lowest BCUT2D eigenvalue weighted by molar-refractivity contribution is 0.934. The maximum atomic E-state index is 6.11. The van der Waals surface area contributed by atoms with Gasteiger partial charge in [-0.15, -0.1) is 0 Å². The van der Waals surface area contributed by atoms with Crippen LogP contribution in [0.5, 0.6) is 0 Å². The average Bonchev–Trinajstić information content (AvgIpc) is 2.31. The summed E-state index contributed by atoms with van der Waals surface area (Å²) in [5.74, 6) is 0.705. The van der Waals surface area contributed by atoms with E-state index in [0.29, 0.717) is 21.0 Å². The van der Waals surface area contributed by atoms with E-state index in [0.717, 1.165) is 23.2 Å². The zero-order valence-electron chi connectivity index (χ0n) is 9.97. The highest BCUT2D eigenvalue weighted by atomic mass is 35.5. The molecule has 0 saturated heterocycles. The van der Waals surface area contributed by atoms with Gasteiger partial charge in [-0.3, -0.25) is 0 Å². The largest absolute Gasteiger partial charge is 0.233 e. The van der Waals surface area contributed by atoms with Crippen molar-refractivity contribution in [3.63, 3.8) is 0 Å². The second-order valence-corrected chi connectivity index (χ2v) is 5.15. The summed E-state index contributed by atoms with van der Waals surface area (Å²) >= 11 is 18.1. The van der Waals surface area contributed by atoms with E-state index in [-0.39, 0.29) is 0 Å². The van der Waals surface area contributed by atoms with E-state index >= 15 is 0 Å². The third-order valence-electron chi connectivity index (χ3n) is 2.58. The Balaban J connectivity index is 2.65. The first-order valence-electron chi connectivity index (χ1n) is 5.50. The minimum absolute atomic E-state index is 0.466. The summed E-state index contributed by atoms with van der Waals surface area (Å²) < 4.78 is 0. The lowest BCUT2D eigenvalue weighted by Gasteiger charge is -2.09. The van der Waals surface area contributed by atoms with Gasteiger partial charge in [0.15, 0.2) is 0 Å². The van der Waals surface area contributed by atoms with Gasteiger partial charge < -0.3 is 0 Å². The van der Waals surface area contributed by atoms with E-state index in [9.17, 15) is 0 Å². The Kier molecular flexibility index (Phi) is 4.10. The summed E-state index contributed by atoms with van der Waals surface area (Å²) in [6, 6.07) is 5.32. The molecule has 94 valence electrons. The van der Waals surface area contributed by atoms with Crippen LogP contribution < -0.4 is 0 Å². The van der Waals surface area contributed by atoms with Crippen LogP contribution in [-0.2, 0) is 6.42 Å². The molecule has 0 fully saturated rings. The molecule has 1 heterocycles. The Bertz CT molecular complexity index is 577. The SMILES string of the molecule is CCc1nc(Cl)c(C)c(-c2cc(Cl)cc(Cl)c2)n1. The van der Waals surface area contributed by atoms with Gasteiger partial charge in [-0.1, -0.05) is 41.7 Å². The van der Waals surface area contributed by atoms with Crippen LogP contribution >= 0.6 is 34.8 Å². The van der Waals surface area contributed by atoms with Gasteiger partial charge in [-0.25, -0.2) is 9.97 Å². The molecule has 1 aromatic carbocycles. The lowest BCUT2D eigenvalue weighted by Crippen LogP contribution is -1.99. The van der Waals surface area contributed by atoms with E-state index in [1.54, 1.807) is 6.07 Å². The van der Waals surface area contributed by atoms with Crippen LogP contribution in [0.3, 0.4) is 0 Å². The van der Waals surface area contributed by atoms with Crippen molar-refractivity contribution in [1.82, 2.24) is 9.97 Å². The molecular weight excluding hydrogens is 291 g/mol. The molecule has 0 aliphatic heterocycles. The molecule has 5 heteroatoms. The normalized spacial score (nSPS) is 10.7. The topological polar surface area (TPSA) is 25.8 Å². The summed E-state index contributed by atoms with van der Waals surface area (Å²) in [5, 5.41) is 1.61. The third kappa shape index (κ3) is 2.77. The predicted octanol–water partition coefficient (Wildman–Crippen LogP) is 4.97. The molecule has 2 aromatic rings. The van der Waals surface area contributed by atoms with Crippen molar-refractivity contribution >= 4 is 34.8 Å². The number of benzene rings is 1. The predicted molar refractivity (Wildman–Crippen MR) is 76.6 cm³/mol. The number of hydrogen-bond acceptors (Lipinski definition) is 2. The Morgan fingerprint density at radius 1 is 1.00 bits per heavy atom. The lowest BCUT2D eigenvalue weighted by atomic mass is 10.1. The van der Waals surface area contributed by atoms with Crippen LogP contribution in [0.25, 0.3) is 11.3 Å². The molecule has 0 aliphatic carbocycles. The molecule has 1 aromatic heterocycles. The average molecular weight is 302 g/mol. The van der Waals surface area contributed by atoms with Crippen molar-refractivity contribution in [2.75, 3.05) is 0 Å². The Labute approximate surface area is 121 Å². The van der Waals surface area contributed by atoms with Crippen molar-refractivity contribution in [3.8, 4) is 11.3 Å². The van der Waals surface area contributed by atoms with Crippen LogP contribution in [0.4, 0.5) is 0 Å². The molecule has 2 nitrogen and oxygen atoms in total. The monoisotopic (exact) mass is 300 g/mol. The summed E-state index contributed by atoms with van der Waals surface area (Å²) in [5.41, 5.74) is 2.45. The van der Waals surface area contributed by atoms with Crippen molar-refractivity contribution in [1.29, 1.82) is 0 Å². The molecule has 2 rings (SSSR count). The standard InChI is InChI=1S/C13H11Cl3N2/c1-3-11-17-12(7(2)13(16)18-11)8-4-9(14)6-10(15)5-8/h4-6H,3H2,1-2H3. The highest BCUT2D eigenvalue weighted by Gasteiger charge is 2.11. The maximum absolute atomic E-state index is 6.11. The van der Waals surface area contributed by atoms with Crippen molar-refractivity contribution in [2.24, 2.45) is 0 Å². The first kappa shape index (κ1) is 13.6. The minimum Gasteiger partial charge on any atom is -0.233 e. The molecule has 0 bridgehead atoms. The minimum atomic E-state index is 0.466. The van der Waals surface area contributed by atoms with Crippen LogP contribution in [0.2, 0.25) is 15.2 Å². The number of hydrogen-bond donors (Lipinski definition) is 0. The third-order valence-corrected chi connectivity index (χ3v) is 3.39. The molecule has 18 heavy (non-hydrogen) atoms. The molecule has 0 radical (unpaired) electrons. The molecule has 0 saturated carbocycles. The summed E-state index contributed by atoms with van der Waals surface area (Å²) in [6.07, 6.45) is 0.724. The quantitative estimate of drug-likeness (QED) is 0.731. The number of aromatic nitrogens is 2. The first-order chi connectivity index (χ1) is 8.51. The summed E-state index contributed by atoms with van der Waals surface area (Å²) in [6.45, 7) is 3.86. The highest BCUT2D eigenvalue weighted by molar-refractivity contribution is 6.35. The molecule has 0 unspecified atom stereocenters. The number of rotatable bonds is 2. The van der Waals surface area contributed by atoms with Crippen molar-refractivity contribution in [2.45, 2.75) is 20.3 Å². The van der Waals surface area contributed by atoms with Gasteiger partial charge in [0.1, 0.15) is 11.0 Å². The second-order valence-electron chi connectivity index (χ2n) is 3.92. The van der Waals surface area contributed by atoms with Gasteiger partial charge in [0.2, 0.25) is 0 Å². The molecule has 0 N–H and O–H groups in total. The van der Waals surface area contributed by atoms with Gasteiger partial charge in [-0.05, 0) is 25.1 Å². The van der Waals surface area contributed by atoms with Crippen molar-refractivity contribution < 1.29 is 0 Å². The number of halogens is 3. The number of nitrogens with zero attached hydrogens (tertiary/aromatic N) is 2. The van der Waals surface area contributed by atoms with Crippen LogP contribution in [0, 0.1) is 6.92 Å². The smallest absolute Gasteiger partial charge is 0.136 e. The van der Waals surface area contributed by atoms with Gasteiger partial charge in [0.05, 0.1) is 5.69 Å². The molecule has 0 atom stereocenters. The Morgan fingerprint density at radius 3 is 2.17 bits per heavy atom. The summed E-state index contributed by atoms with van der Waals surface area (Å²) in [7, 11) is 0. The van der Waals surface area contributed by atoms with E-state index < -0.39 is 0 Å². The zero-order valence-corrected chi connectivity index (χ0v) is 12.2. The Hall–Kier alpha value is -0.830. The highest BCUT2D eigenvalue weighted by Crippen LogP contribution is 2.30. The van der Waals surface area contributed by atoms with Crippen molar-refractivity contribution in [3.05, 3.63) is 44.8 Å². The van der Waals surface area contributed by atoms with E-state index in [2.05, 4.69) is 9.97 Å². The van der Waals surface area contributed by atoms with E-state index in [4.69, 9.17) is 34.8 Å². The number of aryl methyl sites for hydroxylation is 1. The molecular formula is C13H11Cl3N2. The zero-order chi connectivity index (χ0) is 13.3. The van der Waals surface area contributed by atoms with Crippen LogP contribution in [0.15, 0.2) is 18.2 Å². The Morgan fingerprint density at radius 2 is 1.61 bits per heavy atom. The van der Waals surface area contributed by atoms with Gasteiger partial charge in [0.25, 0.3) is 0 Å². The maximum Gasteiger partial charge on any atom is 0.136 e. The first-order valence-corrected chi connectivity index (χ1v) is 6.64. The van der Waals surface area contributed by atoms with Gasteiger partial charge in [-0.2, -0.15) is 0 Å².